The van der Waals surface area contributed by atoms with Crippen molar-refractivity contribution < 1.29 is 27.8 Å². The standard InChI is InChI=1S/C13H23F2NO4/c1-5-18-9-19-7-10-6-13(14,15)8-16(10)11(17)20-12(2,3)4/h10H,5-9H2,1-4H3. The lowest BCUT2D eigenvalue weighted by molar-refractivity contribution is -0.0650. The molecule has 0 aromatic heterocycles. The van der Waals surface area contributed by atoms with Gasteiger partial charge < -0.3 is 14.2 Å². The molecule has 1 aliphatic rings. The zero-order valence-electron chi connectivity index (χ0n) is 12.4. The number of nitrogens with zero attached hydrogens (tertiary/aromatic N) is 1. The number of ether oxygens (including phenoxy) is 3. The van der Waals surface area contributed by atoms with Crippen LogP contribution in [0.3, 0.4) is 0 Å². The normalized spacial score (nSPS) is 22.1. The Morgan fingerprint density at radius 1 is 1.35 bits per heavy atom. The lowest BCUT2D eigenvalue weighted by atomic mass is 10.2. The predicted molar refractivity (Wildman–Crippen MR) is 68.7 cm³/mol. The molecule has 1 heterocycles. The molecule has 118 valence electrons. The van der Waals surface area contributed by atoms with E-state index in [2.05, 4.69) is 0 Å². The van der Waals surface area contributed by atoms with Gasteiger partial charge in [-0.25, -0.2) is 13.6 Å². The van der Waals surface area contributed by atoms with Gasteiger partial charge in [-0.15, -0.1) is 0 Å². The average molecular weight is 295 g/mol. The van der Waals surface area contributed by atoms with Crippen molar-refractivity contribution in [2.75, 3.05) is 26.6 Å². The summed E-state index contributed by atoms with van der Waals surface area (Å²) in [5.41, 5.74) is -0.717. The van der Waals surface area contributed by atoms with Crippen molar-refractivity contribution in [3.63, 3.8) is 0 Å². The highest BCUT2D eigenvalue weighted by Crippen LogP contribution is 2.33. The molecule has 0 aliphatic carbocycles. The minimum absolute atomic E-state index is 0.00876. The van der Waals surface area contributed by atoms with Crippen LogP contribution in [0, 0.1) is 0 Å². The molecule has 1 aliphatic heterocycles. The fourth-order valence-corrected chi connectivity index (χ4v) is 1.91. The van der Waals surface area contributed by atoms with Crippen molar-refractivity contribution in [1.29, 1.82) is 0 Å². The molecule has 0 saturated carbocycles. The molecule has 0 bridgehead atoms. The van der Waals surface area contributed by atoms with Crippen molar-refractivity contribution in [2.45, 2.75) is 51.7 Å². The Kier molecular flexibility index (Phi) is 5.70. The highest BCUT2D eigenvalue weighted by Gasteiger charge is 2.48. The quantitative estimate of drug-likeness (QED) is 0.578. The maximum Gasteiger partial charge on any atom is 0.410 e. The van der Waals surface area contributed by atoms with Crippen LogP contribution in [0.5, 0.6) is 0 Å². The molecule has 0 aromatic carbocycles. The molecule has 0 spiro atoms. The van der Waals surface area contributed by atoms with E-state index in [0.29, 0.717) is 6.61 Å². The topological polar surface area (TPSA) is 48.0 Å². The molecule has 1 rings (SSSR count). The fourth-order valence-electron chi connectivity index (χ4n) is 1.91. The number of likely N-dealkylation sites (tertiary alicyclic amines) is 1. The van der Waals surface area contributed by atoms with Gasteiger partial charge in [0.2, 0.25) is 0 Å². The highest BCUT2D eigenvalue weighted by molar-refractivity contribution is 5.69. The summed E-state index contributed by atoms with van der Waals surface area (Å²) in [4.78, 5) is 13.0. The Labute approximate surface area is 118 Å². The number of hydrogen-bond donors (Lipinski definition) is 0. The van der Waals surface area contributed by atoms with E-state index < -0.39 is 36.6 Å². The summed E-state index contributed by atoms with van der Waals surface area (Å²) < 4.78 is 42.2. The number of amides is 1. The second-order valence-corrected chi connectivity index (χ2v) is 5.80. The smallest absolute Gasteiger partial charge is 0.410 e. The Morgan fingerprint density at radius 3 is 2.55 bits per heavy atom. The van der Waals surface area contributed by atoms with Gasteiger partial charge >= 0.3 is 6.09 Å². The largest absolute Gasteiger partial charge is 0.444 e. The van der Waals surface area contributed by atoms with Gasteiger partial charge in [0, 0.05) is 13.0 Å². The van der Waals surface area contributed by atoms with E-state index in [9.17, 15) is 13.6 Å². The van der Waals surface area contributed by atoms with Crippen LogP contribution in [-0.2, 0) is 14.2 Å². The first-order valence-electron chi connectivity index (χ1n) is 6.67. The van der Waals surface area contributed by atoms with Crippen molar-refractivity contribution in [1.82, 2.24) is 4.90 Å². The van der Waals surface area contributed by atoms with Crippen LogP contribution in [-0.4, -0.2) is 55.1 Å². The second kappa shape index (κ2) is 6.67. The number of halogens is 2. The number of carbonyl (C=O) groups is 1. The third-order valence-electron chi connectivity index (χ3n) is 2.69. The van der Waals surface area contributed by atoms with Crippen LogP contribution in [0.1, 0.15) is 34.1 Å². The molecule has 1 unspecified atom stereocenters. The minimum atomic E-state index is -2.91. The first-order valence-corrected chi connectivity index (χ1v) is 6.67. The monoisotopic (exact) mass is 295 g/mol. The maximum absolute atomic E-state index is 13.5. The highest BCUT2D eigenvalue weighted by atomic mass is 19.3. The summed E-state index contributed by atoms with van der Waals surface area (Å²) in [6, 6.07) is -0.694. The zero-order chi connectivity index (χ0) is 15.4. The van der Waals surface area contributed by atoms with Gasteiger partial charge in [0.05, 0.1) is 19.2 Å². The van der Waals surface area contributed by atoms with Gasteiger partial charge in [0.1, 0.15) is 12.4 Å². The minimum Gasteiger partial charge on any atom is -0.444 e. The molecule has 5 nitrogen and oxygen atoms in total. The van der Waals surface area contributed by atoms with E-state index in [1.807, 2.05) is 0 Å². The molecule has 20 heavy (non-hydrogen) atoms. The van der Waals surface area contributed by atoms with E-state index >= 15 is 0 Å². The van der Waals surface area contributed by atoms with Crippen LogP contribution >= 0.6 is 0 Å². The van der Waals surface area contributed by atoms with Crippen molar-refractivity contribution in [3.05, 3.63) is 0 Å². The Balaban J connectivity index is 2.58. The second-order valence-electron chi connectivity index (χ2n) is 5.80. The third kappa shape index (κ3) is 5.58. The Hall–Kier alpha value is -0.950. The molecule has 0 N–H and O–H groups in total. The lowest BCUT2D eigenvalue weighted by Gasteiger charge is -2.28. The van der Waals surface area contributed by atoms with Crippen LogP contribution in [0.15, 0.2) is 0 Å². The van der Waals surface area contributed by atoms with E-state index in [0.717, 1.165) is 4.90 Å². The van der Waals surface area contributed by atoms with E-state index in [4.69, 9.17) is 14.2 Å². The molecule has 0 radical (unpaired) electrons. The predicted octanol–water partition coefficient (Wildman–Crippen LogP) is 2.64. The number of alkyl halides is 2. The van der Waals surface area contributed by atoms with Crippen molar-refractivity contribution in [2.24, 2.45) is 0 Å². The van der Waals surface area contributed by atoms with Gasteiger partial charge in [0.15, 0.2) is 0 Å². The molecular weight excluding hydrogens is 272 g/mol. The first-order chi connectivity index (χ1) is 9.14. The number of hydrogen-bond acceptors (Lipinski definition) is 4. The van der Waals surface area contributed by atoms with Gasteiger partial charge in [-0.3, -0.25) is 4.90 Å². The van der Waals surface area contributed by atoms with Crippen LogP contribution < -0.4 is 0 Å². The summed E-state index contributed by atoms with van der Waals surface area (Å²) in [7, 11) is 0. The van der Waals surface area contributed by atoms with Gasteiger partial charge in [-0.05, 0) is 27.7 Å². The summed E-state index contributed by atoms with van der Waals surface area (Å²) >= 11 is 0. The Bertz CT molecular complexity index is 331. The summed E-state index contributed by atoms with van der Waals surface area (Å²) in [6.07, 6.45) is -1.15. The average Bonchev–Trinajstić information content (AvgIpc) is 2.58. The van der Waals surface area contributed by atoms with E-state index in [1.54, 1.807) is 27.7 Å². The van der Waals surface area contributed by atoms with Crippen LogP contribution in [0.2, 0.25) is 0 Å². The third-order valence-corrected chi connectivity index (χ3v) is 2.69. The molecule has 1 fully saturated rings. The Morgan fingerprint density at radius 2 is 2.00 bits per heavy atom. The lowest BCUT2D eigenvalue weighted by Crippen LogP contribution is -2.42. The van der Waals surface area contributed by atoms with E-state index in [-0.39, 0.29) is 13.4 Å². The van der Waals surface area contributed by atoms with Crippen LogP contribution in [0.25, 0.3) is 0 Å². The zero-order valence-corrected chi connectivity index (χ0v) is 12.4. The summed E-state index contributed by atoms with van der Waals surface area (Å²) in [5, 5.41) is 0. The fraction of sp³-hybridized carbons (Fsp3) is 0.923. The molecule has 1 atom stereocenters. The number of carbonyl (C=O) groups excluding carboxylic acids is 1. The molecule has 0 aromatic rings. The molecule has 1 saturated heterocycles. The maximum atomic E-state index is 13.5. The van der Waals surface area contributed by atoms with Crippen molar-refractivity contribution in [3.8, 4) is 0 Å². The summed E-state index contributed by atoms with van der Waals surface area (Å²) in [6.45, 7) is 6.77. The van der Waals surface area contributed by atoms with Gasteiger partial charge in [-0.1, -0.05) is 0 Å². The molecule has 7 heteroatoms. The SMILES string of the molecule is CCOCOCC1CC(F)(F)CN1C(=O)OC(C)(C)C. The number of rotatable bonds is 5. The molecule has 1 amide bonds. The first kappa shape index (κ1) is 17.1. The van der Waals surface area contributed by atoms with Crippen molar-refractivity contribution >= 4 is 6.09 Å². The van der Waals surface area contributed by atoms with E-state index in [1.165, 1.54) is 0 Å². The van der Waals surface area contributed by atoms with Crippen LogP contribution in [0.4, 0.5) is 13.6 Å². The summed E-state index contributed by atoms with van der Waals surface area (Å²) in [5.74, 6) is -2.91. The van der Waals surface area contributed by atoms with Gasteiger partial charge in [0.25, 0.3) is 5.92 Å². The molecular formula is C13H23F2NO4. The van der Waals surface area contributed by atoms with Gasteiger partial charge in [-0.2, -0.15) is 0 Å².